The molecule has 0 radical (unpaired) electrons. The summed E-state index contributed by atoms with van der Waals surface area (Å²) in [6.45, 7) is 2.08. The Bertz CT molecular complexity index is 569. The molecule has 0 aliphatic rings. The lowest BCUT2D eigenvalue weighted by atomic mass is 10.1. The molecule has 0 aliphatic heterocycles. The fourth-order valence-corrected chi connectivity index (χ4v) is 2.51. The van der Waals surface area contributed by atoms with Crippen molar-refractivity contribution in [1.82, 2.24) is 15.2 Å². The fraction of sp³-hybridized carbons (Fsp3) is 0.308. The highest BCUT2D eigenvalue weighted by Gasteiger charge is 2.10. The molecule has 6 heteroatoms. The van der Waals surface area contributed by atoms with Crippen LogP contribution in [0.15, 0.2) is 29.4 Å². The molecule has 0 saturated carbocycles. The topological polar surface area (TPSA) is 78.9 Å². The maximum Gasteiger partial charge on any atom is 0.335 e. The number of carboxylic acid groups (broad SMARTS) is 1. The standard InChI is InChI=1S/C13H15N3O2S/c1-2-5-11-14-13(16-15-11)19-8-9-6-3-4-7-10(9)12(17)18/h3-4,6-7H,2,5,8H2,1H3,(H,17,18)(H,14,15,16). The number of carboxylic acids is 1. The van der Waals surface area contributed by atoms with Crippen molar-refractivity contribution in [3.05, 3.63) is 41.2 Å². The Hall–Kier alpha value is -1.82. The van der Waals surface area contributed by atoms with Gasteiger partial charge in [0.2, 0.25) is 5.16 Å². The van der Waals surface area contributed by atoms with Gasteiger partial charge >= 0.3 is 5.97 Å². The number of aromatic nitrogens is 3. The van der Waals surface area contributed by atoms with E-state index in [9.17, 15) is 4.79 Å². The Morgan fingerprint density at radius 1 is 1.42 bits per heavy atom. The van der Waals surface area contributed by atoms with Gasteiger partial charge in [0.05, 0.1) is 5.56 Å². The van der Waals surface area contributed by atoms with E-state index in [0.717, 1.165) is 24.2 Å². The number of carbonyl (C=O) groups is 1. The molecule has 0 saturated heterocycles. The molecule has 1 heterocycles. The van der Waals surface area contributed by atoms with Gasteiger partial charge in [0.1, 0.15) is 5.82 Å². The van der Waals surface area contributed by atoms with E-state index < -0.39 is 5.97 Å². The second-order valence-corrected chi connectivity index (χ2v) is 5.01. The molecule has 0 fully saturated rings. The van der Waals surface area contributed by atoms with Gasteiger partial charge < -0.3 is 5.11 Å². The van der Waals surface area contributed by atoms with E-state index in [-0.39, 0.29) is 0 Å². The molecule has 0 aliphatic carbocycles. The summed E-state index contributed by atoms with van der Waals surface area (Å²) in [4.78, 5) is 15.4. The zero-order chi connectivity index (χ0) is 13.7. The normalized spacial score (nSPS) is 10.6. The van der Waals surface area contributed by atoms with Crippen LogP contribution < -0.4 is 0 Å². The minimum absolute atomic E-state index is 0.333. The van der Waals surface area contributed by atoms with Gasteiger partial charge in [-0.2, -0.15) is 0 Å². The van der Waals surface area contributed by atoms with Gasteiger partial charge in [0.25, 0.3) is 0 Å². The minimum Gasteiger partial charge on any atom is -0.478 e. The third-order valence-electron chi connectivity index (χ3n) is 2.60. The lowest BCUT2D eigenvalue weighted by Gasteiger charge is -2.03. The van der Waals surface area contributed by atoms with Crippen molar-refractivity contribution in [2.75, 3.05) is 0 Å². The Kier molecular flexibility index (Phi) is 4.57. The van der Waals surface area contributed by atoms with E-state index in [4.69, 9.17) is 5.11 Å². The predicted molar refractivity (Wildman–Crippen MR) is 73.3 cm³/mol. The fourth-order valence-electron chi connectivity index (χ4n) is 1.69. The van der Waals surface area contributed by atoms with E-state index in [2.05, 4.69) is 22.1 Å². The van der Waals surface area contributed by atoms with Crippen LogP contribution in [0.2, 0.25) is 0 Å². The number of hydrogen-bond donors (Lipinski definition) is 2. The van der Waals surface area contributed by atoms with Crippen LogP contribution in [0.5, 0.6) is 0 Å². The number of H-pyrrole nitrogens is 1. The van der Waals surface area contributed by atoms with Crippen molar-refractivity contribution in [3.63, 3.8) is 0 Å². The Labute approximate surface area is 115 Å². The minimum atomic E-state index is -0.905. The first-order chi connectivity index (χ1) is 9.20. The molecule has 100 valence electrons. The molecule has 0 spiro atoms. The molecule has 0 unspecified atom stereocenters. The Morgan fingerprint density at radius 3 is 2.95 bits per heavy atom. The number of thioether (sulfide) groups is 1. The molecular weight excluding hydrogens is 262 g/mol. The van der Waals surface area contributed by atoms with Gasteiger partial charge in [0, 0.05) is 12.2 Å². The van der Waals surface area contributed by atoms with Gasteiger partial charge in [-0.1, -0.05) is 36.9 Å². The van der Waals surface area contributed by atoms with Crippen molar-refractivity contribution in [1.29, 1.82) is 0 Å². The molecule has 0 amide bonds. The van der Waals surface area contributed by atoms with Gasteiger partial charge in [-0.3, -0.25) is 5.10 Å². The summed E-state index contributed by atoms with van der Waals surface area (Å²) in [5, 5.41) is 16.7. The van der Waals surface area contributed by atoms with Crippen LogP contribution in [0, 0.1) is 0 Å². The van der Waals surface area contributed by atoms with Crippen molar-refractivity contribution in [2.24, 2.45) is 0 Å². The zero-order valence-electron chi connectivity index (χ0n) is 10.6. The molecule has 2 N–H and O–H groups in total. The van der Waals surface area contributed by atoms with Crippen LogP contribution in [0.3, 0.4) is 0 Å². The van der Waals surface area contributed by atoms with Crippen molar-refractivity contribution in [3.8, 4) is 0 Å². The first kappa shape index (κ1) is 13.6. The Balaban J connectivity index is 2.03. The first-order valence-electron chi connectivity index (χ1n) is 6.06. The maximum absolute atomic E-state index is 11.1. The van der Waals surface area contributed by atoms with Crippen molar-refractivity contribution >= 4 is 17.7 Å². The van der Waals surface area contributed by atoms with Gasteiger partial charge in [-0.15, -0.1) is 5.10 Å². The summed E-state index contributed by atoms with van der Waals surface area (Å²) >= 11 is 1.43. The number of benzene rings is 1. The summed E-state index contributed by atoms with van der Waals surface area (Å²) in [7, 11) is 0. The highest BCUT2D eigenvalue weighted by Crippen LogP contribution is 2.21. The van der Waals surface area contributed by atoms with Crippen LogP contribution in [-0.4, -0.2) is 26.3 Å². The quantitative estimate of drug-likeness (QED) is 0.794. The smallest absolute Gasteiger partial charge is 0.335 e. The SMILES string of the molecule is CCCc1nc(SCc2ccccc2C(=O)O)n[nH]1. The van der Waals surface area contributed by atoms with Crippen LogP contribution >= 0.6 is 11.8 Å². The summed E-state index contributed by atoms with van der Waals surface area (Å²) in [6, 6.07) is 6.99. The molecule has 2 rings (SSSR count). The molecule has 19 heavy (non-hydrogen) atoms. The number of aromatic amines is 1. The summed E-state index contributed by atoms with van der Waals surface area (Å²) in [5.74, 6) is 0.515. The zero-order valence-corrected chi connectivity index (χ0v) is 11.4. The second-order valence-electron chi connectivity index (χ2n) is 4.07. The number of nitrogens with one attached hydrogen (secondary N) is 1. The lowest BCUT2D eigenvalue weighted by molar-refractivity contribution is 0.0696. The summed E-state index contributed by atoms with van der Waals surface area (Å²) < 4.78 is 0. The number of nitrogens with zero attached hydrogens (tertiary/aromatic N) is 2. The highest BCUT2D eigenvalue weighted by molar-refractivity contribution is 7.98. The monoisotopic (exact) mass is 277 g/mol. The molecule has 5 nitrogen and oxygen atoms in total. The number of hydrogen-bond acceptors (Lipinski definition) is 4. The van der Waals surface area contributed by atoms with E-state index >= 15 is 0 Å². The van der Waals surface area contributed by atoms with Crippen molar-refractivity contribution < 1.29 is 9.90 Å². The van der Waals surface area contributed by atoms with E-state index in [1.807, 2.05) is 12.1 Å². The molecule has 0 atom stereocenters. The van der Waals surface area contributed by atoms with Crippen LogP contribution in [0.25, 0.3) is 0 Å². The van der Waals surface area contributed by atoms with Crippen LogP contribution in [0.1, 0.15) is 35.1 Å². The van der Waals surface area contributed by atoms with Gasteiger partial charge in [-0.25, -0.2) is 9.78 Å². The second kappa shape index (κ2) is 6.38. The largest absolute Gasteiger partial charge is 0.478 e. The van der Waals surface area contributed by atoms with E-state index in [1.54, 1.807) is 12.1 Å². The van der Waals surface area contributed by atoms with Gasteiger partial charge in [0.15, 0.2) is 0 Å². The predicted octanol–water partition coefficient (Wildman–Crippen LogP) is 2.75. The highest BCUT2D eigenvalue weighted by atomic mass is 32.2. The van der Waals surface area contributed by atoms with Crippen LogP contribution in [0.4, 0.5) is 0 Å². The maximum atomic E-state index is 11.1. The first-order valence-corrected chi connectivity index (χ1v) is 7.04. The van der Waals surface area contributed by atoms with E-state index in [1.165, 1.54) is 11.8 Å². The average Bonchev–Trinajstić information content (AvgIpc) is 2.85. The average molecular weight is 277 g/mol. The molecule has 0 bridgehead atoms. The number of rotatable bonds is 6. The van der Waals surface area contributed by atoms with Crippen molar-refractivity contribution in [2.45, 2.75) is 30.7 Å². The van der Waals surface area contributed by atoms with Crippen LogP contribution in [-0.2, 0) is 12.2 Å². The number of aryl methyl sites for hydroxylation is 1. The van der Waals surface area contributed by atoms with E-state index in [0.29, 0.717) is 16.5 Å². The Morgan fingerprint density at radius 2 is 2.21 bits per heavy atom. The molecule has 1 aromatic carbocycles. The van der Waals surface area contributed by atoms with Gasteiger partial charge in [-0.05, 0) is 18.1 Å². The summed E-state index contributed by atoms with van der Waals surface area (Å²) in [6.07, 6.45) is 1.89. The number of aromatic carboxylic acids is 1. The lowest BCUT2D eigenvalue weighted by Crippen LogP contribution is -2.00. The third kappa shape index (κ3) is 3.57. The third-order valence-corrected chi connectivity index (χ3v) is 3.50. The summed E-state index contributed by atoms with van der Waals surface area (Å²) in [5.41, 5.74) is 1.11. The molecule has 2 aromatic rings. The molecular formula is C13H15N3O2S. The molecule has 1 aromatic heterocycles.